The van der Waals surface area contributed by atoms with Crippen LogP contribution in [0, 0.1) is 0 Å². The van der Waals surface area contributed by atoms with Crippen LogP contribution in [0.1, 0.15) is 66.8 Å². The summed E-state index contributed by atoms with van der Waals surface area (Å²) in [5.74, 6) is 0. The lowest BCUT2D eigenvalue weighted by atomic mass is 11.3. The third kappa shape index (κ3) is 28.3. The van der Waals surface area contributed by atoms with Crippen molar-refractivity contribution in [3.05, 3.63) is 36.8 Å². The molecular weight excluding hydrogens is 401 g/mol. The molecule has 0 aliphatic rings. The van der Waals surface area contributed by atoms with Crippen LogP contribution in [0.4, 0.5) is 0 Å². The van der Waals surface area contributed by atoms with E-state index >= 15 is 0 Å². The van der Waals surface area contributed by atoms with Crippen molar-refractivity contribution >= 4 is 35.2 Å². The lowest BCUT2D eigenvalue weighted by Gasteiger charge is -2.34. The Morgan fingerprint density at radius 2 is 1.07 bits per heavy atom. The monoisotopic (exact) mass is 462 g/mol. The van der Waals surface area contributed by atoms with Crippen LogP contribution in [-0.2, 0) is 12.3 Å². The van der Waals surface area contributed by atoms with Crippen molar-refractivity contribution in [1.29, 1.82) is 0 Å². The van der Waals surface area contributed by atoms with Gasteiger partial charge in [0, 0.05) is 0 Å². The molecule has 3 nitrogen and oxygen atoms in total. The summed E-state index contributed by atoms with van der Waals surface area (Å²) in [5.41, 5.74) is 5.65. The van der Waals surface area contributed by atoms with Gasteiger partial charge in [-0.3, -0.25) is 0 Å². The normalized spacial score (nSPS) is 12.3. The molecule has 0 aromatic rings. The largest absolute Gasteiger partial charge is 0.438 e. The predicted octanol–water partition coefficient (Wildman–Crippen LogP) is 8.42. The summed E-state index contributed by atoms with van der Waals surface area (Å²) >= 11 is 0. The molecule has 0 saturated heterocycles. The van der Waals surface area contributed by atoms with Gasteiger partial charge in [0.25, 0.3) is 9.28 Å². The fraction of sp³-hybridized carbons (Fsp3) is 0.700. The van der Waals surface area contributed by atoms with E-state index < -0.39 is 35.2 Å². The maximum atomic E-state index is 6.17. The highest BCUT2D eigenvalue weighted by Gasteiger charge is 2.36. The van der Waals surface area contributed by atoms with E-state index in [1.54, 1.807) is 0 Å². The minimum Gasteiger partial charge on any atom is -0.438 e. The third-order valence-electron chi connectivity index (χ3n) is 2.47. The van der Waals surface area contributed by atoms with Gasteiger partial charge in [0.15, 0.2) is 17.4 Å². The summed E-state index contributed by atoms with van der Waals surface area (Å²) in [7, 11) is -7.16. The molecule has 0 fully saturated rings. The SMILES string of the molecule is C.C.C.C.C.C.C.C.C.C=C[SiH](C)O[SiH](C)O[Si](C)(C=C)O[Si](C)(C)C=C. The second-order valence-electron chi connectivity index (χ2n) is 4.89. The molecule has 7 heteroatoms. The molecule has 176 valence electrons. The zero-order valence-electron chi connectivity index (χ0n) is 12.2. The number of rotatable bonds is 9. The average molecular weight is 463 g/mol. The van der Waals surface area contributed by atoms with E-state index in [-0.39, 0.29) is 66.8 Å². The second kappa shape index (κ2) is 28.2. The van der Waals surface area contributed by atoms with Crippen molar-refractivity contribution in [2.45, 2.75) is 99.6 Å². The van der Waals surface area contributed by atoms with E-state index in [1.807, 2.05) is 30.2 Å². The Balaban J connectivity index is -0.0000000401. The molecular formula is C20H62O3Si4. The zero-order valence-corrected chi connectivity index (χ0v) is 16.5. The van der Waals surface area contributed by atoms with Crippen molar-refractivity contribution in [3.63, 3.8) is 0 Å². The van der Waals surface area contributed by atoms with Crippen LogP contribution in [0.2, 0.25) is 32.7 Å². The Kier molecular flexibility index (Phi) is 65.9. The molecule has 0 spiro atoms. The van der Waals surface area contributed by atoms with E-state index in [0.717, 1.165) is 0 Å². The molecule has 27 heavy (non-hydrogen) atoms. The van der Waals surface area contributed by atoms with Gasteiger partial charge in [-0.05, 0) is 32.7 Å². The minimum atomic E-state index is -2.34. The maximum Gasteiger partial charge on any atom is 0.342 e. The maximum absolute atomic E-state index is 6.17. The van der Waals surface area contributed by atoms with Gasteiger partial charge in [0.1, 0.15) is 0 Å². The van der Waals surface area contributed by atoms with Crippen molar-refractivity contribution in [3.8, 4) is 0 Å². The molecule has 0 N–H and O–H groups in total. The number of hydrogen-bond donors (Lipinski definition) is 0. The van der Waals surface area contributed by atoms with Crippen LogP contribution in [-0.4, -0.2) is 35.2 Å². The molecule has 0 radical (unpaired) electrons. The van der Waals surface area contributed by atoms with Gasteiger partial charge in [-0.2, -0.15) is 0 Å². The van der Waals surface area contributed by atoms with Gasteiger partial charge < -0.3 is 12.3 Å². The van der Waals surface area contributed by atoms with Gasteiger partial charge in [0.2, 0.25) is 0 Å². The molecule has 0 amide bonds. The fourth-order valence-corrected chi connectivity index (χ4v) is 13.5. The number of hydrogen-bond acceptors (Lipinski definition) is 3. The van der Waals surface area contributed by atoms with Crippen LogP contribution < -0.4 is 0 Å². The van der Waals surface area contributed by atoms with Gasteiger partial charge in [-0.15, -0.1) is 19.7 Å². The quantitative estimate of drug-likeness (QED) is 0.322. The summed E-state index contributed by atoms with van der Waals surface area (Å²) in [6, 6.07) is 0. The predicted molar refractivity (Wildman–Crippen MR) is 150 cm³/mol. The van der Waals surface area contributed by atoms with Crippen LogP contribution in [0.5, 0.6) is 0 Å². The van der Waals surface area contributed by atoms with Gasteiger partial charge in [-0.1, -0.05) is 83.9 Å². The molecule has 0 saturated carbocycles. The molecule has 0 bridgehead atoms. The first-order chi connectivity index (χ1) is 8.18. The molecule has 3 atom stereocenters. The zero-order chi connectivity index (χ0) is 14.4. The van der Waals surface area contributed by atoms with Gasteiger partial charge >= 0.3 is 8.56 Å². The Hall–Kier alpha value is -0.0325. The van der Waals surface area contributed by atoms with Crippen LogP contribution >= 0.6 is 0 Å². The highest BCUT2D eigenvalue weighted by atomic mass is 28.5. The van der Waals surface area contributed by atoms with E-state index in [1.165, 1.54) is 0 Å². The molecule has 0 aliphatic carbocycles. The second-order valence-corrected chi connectivity index (χ2v) is 16.8. The summed E-state index contributed by atoms with van der Waals surface area (Å²) in [6.45, 7) is 21.8. The molecule has 3 unspecified atom stereocenters. The first-order valence-corrected chi connectivity index (χ1v) is 15.9. The van der Waals surface area contributed by atoms with Crippen molar-refractivity contribution in [2.24, 2.45) is 0 Å². The molecule has 0 heterocycles. The van der Waals surface area contributed by atoms with Crippen LogP contribution in [0.3, 0.4) is 0 Å². The Labute approximate surface area is 183 Å². The molecule has 0 rings (SSSR count). The topological polar surface area (TPSA) is 27.7 Å². The Morgan fingerprint density at radius 1 is 0.704 bits per heavy atom. The summed E-state index contributed by atoms with van der Waals surface area (Å²) in [5, 5.41) is 0. The highest BCUT2D eigenvalue weighted by molar-refractivity contribution is 6.89. The summed E-state index contributed by atoms with van der Waals surface area (Å²) in [6.07, 6.45) is 0. The summed E-state index contributed by atoms with van der Waals surface area (Å²) < 4.78 is 18.1. The van der Waals surface area contributed by atoms with Crippen LogP contribution in [0.15, 0.2) is 36.8 Å². The van der Waals surface area contributed by atoms with E-state index in [0.29, 0.717) is 0 Å². The lowest BCUT2D eigenvalue weighted by Crippen LogP contribution is -2.50. The highest BCUT2D eigenvalue weighted by Crippen LogP contribution is 2.18. The third-order valence-corrected chi connectivity index (χ3v) is 15.0. The smallest absolute Gasteiger partial charge is 0.342 e. The van der Waals surface area contributed by atoms with Crippen molar-refractivity contribution in [1.82, 2.24) is 0 Å². The van der Waals surface area contributed by atoms with Gasteiger partial charge in [0.05, 0.1) is 0 Å². The van der Waals surface area contributed by atoms with Crippen LogP contribution in [0.25, 0.3) is 0 Å². The molecule has 0 aromatic carbocycles. The molecule has 0 aliphatic heterocycles. The van der Waals surface area contributed by atoms with E-state index in [9.17, 15) is 0 Å². The fourth-order valence-electron chi connectivity index (χ4n) is 1.39. The average Bonchev–Trinajstić information content (AvgIpc) is 2.27. The van der Waals surface area contributed by atoms with E-state index in [4.69, 9.17) is 12.3 Å². The summed E-state index contributed by atoms with van der Waals surface area (Å²) in [4.78, 5) is 0. The van der Waals surface area contributed by atoms with Crippen molar-refractivity contribution < 1.29 is 12.3 Å². The van der Waals surface area contributed by atoms with Gasteiger partial charge in [-0.25, -0.2) is 0 Å². The molecule has 0 aromatic heterocycles. The Morgan fingerprint density at radius 3 is 1.33 bits per heavy atom. The minimum absolute atomic E-state index is 0. The van der Waals surface area contributed by atoms with E-state index in [2.05, 4.69) is 39.4 Å². The first kappa shape index (κ1) is 63.2. The standard InChI is InChI=1S/C11H26O3Si4.9CH4/c1-9-15(4)12-16(5)13-18(8,11-3)14-17(6,7)10-2;;;;;;;;;/h9-11,15-16H,1-3H2,4-8H3;9*1H4. The Bertz CT molecular complexity index is 314. The van der Waals surface area contributed by atoms with Crippen molar-refractivity contribution in [2.75, 3.05) is 0 Å². The lowest BCUT2D eigenvalue weighted by molar-refractivity contribution is 0.364. The first-order valence-electron chi connectivity index (χ1n) is 6.11.